The summed E-state index contributed by atoms with van der Waals surface area (Å²) in [6.07, 6.45) is 0. The number of nitrogens with zero attached hydrogens (tertiary/aromatic N) is 2. The third-order valence-electron chi connectivity index (χ3n) is 2.42. The molecule has 0 spiro atoms. The fourth-order valence-corrected chi connectivity index (χ4v) is 1.82. The van der Waals surface area contributed by atoms with Crippen LogP contribution in [0.2, 0.25) is 0 Å². The van der Waals surface area contributed by atoms with Crippen LogP contribution in [-0.4, -0.2) is 20.9 Å². The molecule has 0 aliphatic carbocycles. The summed E-state index contributed by atoms with van der Waals surface area (Å²) < 4.78 is 15.1. The lowest BCUT2D eigenvalue weighted by Gasteiger charge is -2.06. The van der Waals surface area contributed by atoms with Gasteiger partial charge in [-0.05, 0) is 18.2 Å². The lowest BCUT2D eigenvalue weighted by atomic mass is 10.2. The van der Waals surface area contributed by atoms with Gasteiger partial charge in [0.05, 0.1) is 6.54 Å². The fraction of sp³-hybridized carbons (Fsp3) is 0.0833. The Labute approximate surface area is 115 Å². The fourth-order valence-electron chi connectivity index (χ4n) is 1.49. The van der Waals surface area contributed by atoms with E-state index in [1.165, 1.54) is 12.1 Å². The second-order valence-corrected chi connectivity index (χ2v) is 4.67. The molecular formula is C12H8BrFN2O3. The second kappa shape index (κ2) is 5.31. The number of aromatic nitrogens is 2. The van der Waals surface area contributed by atoms with Crippen LogP contribution in [0.15, 0.2) is 39.6 Å². The highest BCUT2D eigenvalue weighted by atomic mass is 79.9. The Bertz CT molecular complexity index is 700. The molecule has 0 saturated carbocycles. The van der Waals surface area contributed by atoms with Crippen molar-refractivity contribution in [1.82, 2.24) is 9.78 Å². The highest BCUT2D eigenvalue weighted by molar-refractivity contribution is 9.10. The normalized spacial score (nSPS) is 10.4. The maximum Gasteiger partial charge on any atom is 0.356 e. The molecule has 98 valence electrons. The molecule has 0 aliphatic heterocycles. The summed E-state index contributed by atoms with van der Waals surface area (Å²) in [5.41, 5.74) is -0.509. The van der Waals surface area contributed by atoms with Gasteiger partial charge in [-0.25, -0.2) is 13.9 Å². The lowest BCUT2D eigenvalue weighted by molar-refractivity contribution is 0.0687. The van der Waals surface area contributed by atoms with Crippen molar-refractivity contribution in [1.29, 1.82) is 0 Å². The van der Waals surface area contributed by atoms with Crippen molar-refractivity contribution in [2.24, 2.45) is 0 Å². The molecule has 0 saturated heterocycles. The maximum absolute atomic E-state index is 13.6. The summed E-state index contributed by atoms with van der Waals surface area (Å²) in [5.74, 6) is -1.74. The molecule has 7 heteroatoms. The van der Waals surface area contributed by atoms with Crippen molar-refractivity contribution in [2.45, 2.75) is 6.54 Å². The number of carboxylic acids is 1. The van der Waals surface area contributed by atoms with Crippen molar-refractivity contribution in [2.75, 3.05) is 0 Å². The van der Waals surface area contributed by atoms with Crippen molar-refractivity contribution in [3.63, 3.8) is 0 Å². The summed E-state index contributed by atoms with van der Waals surface area (Å²) in [4.78, 5) is 22.3. The van der Waals surface area contributed by atoms with Gasteiger partial charge < -0.3 is 5.11 Å². The van der Waals surface area contributed by atoms with E-state index in [1.807, 2.05) is 0 Å². The molecule has 0 bridgehead atoms. The first-order chi connectivity index (χ1) is 8.97. The summed E-state index contributed by atoms with van der Waals surface area (Å²) in [5, 5.41) is 12.5. The number of carboxylic acid groups (broad SMARTS) is 1. The van der Waals surface area contributed by atoms with E-state index >= 15 is 0 Å². The van der Waals surface area contributed by atoms with Gasteiger partial charge in [0.1, 0.15) is 5.82 Å². The van der Waals surface area contributed by atoms with Crippen LogP contribution in [-0.2, 0) is 6.54 Å². The summed E-state index contributed by atoms with van der Waals surface area (Å²) in [6.45, 7) is -0.126. The Morgan fingerprint density at radius 3 is 2.74 bits per heavy atom. The molecule has 5 nitrogen and oxygen atoms in total. The molecule has 0 amide bonds. The van der Waals surface area contributed by atoms with Gasteiger partial charge in [-0.3, -0.25) is 4.79 Å². The molecule has 0 radical (unpaired) electrons. The quantitative estimate of drug-likeness (QED) is 0.934. The zero-order valence-corrected chi connectivity index (χ0v) is 11.1. The molecular weight excluding hydrogens is 319 g/mol. The minimum absolute atomic E-state index is 0.126. The van der Waals surface area contributed by atoms with E-state index in [4.69, 9.17) is 5.11 Å². The zero-order chi connectivity index (χ0) is 14.0. The number of hydrogen-bond donors (Lipinski definition) is 1. The van der Waals surface area contributed by atoms with E-state index in [1.54, 1.807) is 6.07 Å². The minimum Gasteiger partial charge on any atom is -0.476 e. The first-order valence-corrected chi connectivity index (χ1v) is 6.02. The number of carbonyl (C=O) groups is 1. The summed E-state index contributed by atoms with van der Waals surface area (Å²) in [6, 6.07) is 6.60. The van der Waals surface area contributed by atoms with Gasteiger partial charge in [0.25, 0.3) is 5.56 Å². The second-order valence-electron chi connectivity index (χ2n) is 3.76. The van der Waals surface area contributed by atoms with Crippen LogP contribution in [0, 0.1) is 5.82 Å². The highest BCUT2D eigenvalue weighted by Crippen LogP contribution is 2.15. The van der Waals surface area contributed by atoms with Gasteiger partial charge in [-0.2, -0.15) is 5.10 Å². The third-order valence-corrected chi connectivity index (χ3v) is 2.91. The largest absolute Gasteiger partial charge is 0.476 e. The summed E-state index contributed by atoms with van der Waals surface area (Å²) >= 11 is 3.12. The van der Waals surface area contributed by atoms with E-state index in [0.29, 0.717) is 4.47 Å². The molecule has 19 heavy (non-hydrogen) atoms. The standard InChI is InChI=1S/C12H8BrFN2O3/c13-8-2-1-7(9(14)5-8)6-16-11(17)4-3-10(15-16)12(18)19/h1-5H,6H2,(H,18,19). The molecule has 0 atom stereocenters. The number of halogens is 2. The zero-order valence-electron chi connectivity index (χ0n) is 9.51. The molecule has 0 fully saturated rings. The van der Waals surface area contributed by atoms with Crippen LogP contribution in [0.1, 0.15) is 16.1 Å². The predicted molar refractivity (Wildman–Crippen MR) is 68.7 cm³/mol. The van der Waals surface area contributed by atoms with Crippen LogP contribution in [0.3, 0.4) is 0 Å². The smallest absolute Gasteiger partial charge is 0.356 e. The topological polar surface area (TPSA) is 72.2 Å². The van der Waals surface area contributed by atoms with Gasteiger partial charge in [-0.15, -0.1) is 0 Å². The van der Waals surface area contributed by atoms with Crippen LogP contribution in [0.5, 0.6) is 0 Å². The van der Waals surface area contributed by atoms with Crippen LogP contribution < -0.4 is 5.56 Å². The van der Waals surface area contributed by atoms with Gasteiger partial charge in [0, 0.05) is 16.1 Å². The van der Waals surface area contributed by atoms with Gasteiger partial charge in [-0.1, -0.05) is 22.0 Å². The first-order valence-electron chi connectivity index (χ1n) is 5.23. The monoisotopic (exact) mass is 326 g/mol. The predicted octanol–water partition coefficient (Wildman–Crippen LogP) is 1.89. The Kier molecular flexibility index (Phi) is 3.75. The van der Waals surface area contributed by atoms with Crippen molar-refractivity contribution < 1.29 is 14.3 Å². The van der Waals surface area contributed by atoms with Gasteiger partial charge >= 0.3 is 5.97 Å². The molecule has 1 heterocycles. The average molecular weight is 327 g/mol. The van der Waals surface area contributed by atoms with Crippen LogP contribution in [0.4, 0.5) is 4.39 Å². The number of hydrogen-bond acceptors (Lipinski definition) is 3. The highest BCUT2D eigenvalue weighted by Gasteiger charge is 2.09. The van der Waals surface area contributed by atoms with Gasteiger partial charge in [0.15, 0.2) is 5.69 Å². The van der Waals surface area contributed by atoms with E-state index in [-0.39, 0.29) is 17.8 Å². The van der Waals surface area contributed by atoms with Crippen molar-refractivity contribution in [3.05, 3.63) is 62.2 Å². The Morgan fingerprint density at radius 1 is 1.37 bits per heavy atom. The van der Waals surface area contributed by atoms with E-state index < -0.39 is 17.3 Å². The maximum atomic E-state index is 13.6. The van der Waals surface area contributed by atoms with E-state index in [2.05, 4.69) is 21.0 Å². The van der Waals surface area contributed by atoms with Crippen LogP contribution >= 0.6 is 15.9 Å². The molecule has 0 unspecified atom stereocenters. The van der Waals surface area contributed by atoms with Crippen molar-refractivity contribution >= 4 is 21.9 Å². The Morgan fingerprint density at radius 2 is 2.11 bits per heavy atom. The Hall–Kier alpha value is -2.02. The van der Waals surface area contributed by atoms with Crippen molar-refractivity contribution in [3.8, 4) is 0 Å². The number of aromatic carboxylic acids is 1. The molecule has 1 aromatic heterocycles. The SMILES string of the molecule is O=C(O)c1ccc(=O)n(Cc2ccc(Br)cc2F)n1. The minimum atomic E-state index is -1.25. The average Bonchev–Trinajstić information content (AvgIpc) is 2.34. The molecule has 1 N–H and O–H groups in total. The molecule has 0 aliphatic rings. The summed E-state index contributed by atoms with van der Waals surface area (Å²) in [7, 11) is 0. The molecule has 1 aromatic carbocycles. The van der Waals surface area contributed by atoms with Gasteiger partial charge in [0.2, 0.25) is 0 Å². The van der Waals surface area contributed by atoms with E-state index in [0.717, 1.165) is 16.8 Å². The Balaban J connectivity index is 2.40. The molecule has 2 aromatic rings. The molecule has 2 rings (SSSR count). The number of benzene rings is 1. The van der Waals surface area contributed by atoms with E-state index in [9.17, 15) is 14.0 Å². The first kappa shape index (κ1) is 13.4. The number of rotatable bonds is 3. The third kappa shape index (κ3) is 3.05. The van der Waals surface area contributed by atoms with Crippen LogP contribution in [0.25, 0.3) is 0 Å². The lowest BCUT2D eigenvalue weighted by Crippen LogP contribution is -2.25.